The van der Waals surface area contributed by atoms with Crippen molar-refractivity contribution >= 4 is 17.8 Å². The van der Waals surface area contributed by atoms with Crippen LogP contribution in [0, 0.1) is 0 Å². The number of esters is 1. The first-order chi connectivity index (χ1) is 13.6. The summed E-state index contributed by atoms with van der Waals surface area (Å²) in [6.07, 6.45) is 9.16. The average molecular weight is 380 g/mol. The van der Waals surface area contributed by atoms with Crippen molar-refractivity contribution in [2.24, 2.45) is 0 Å². The van der Waals surface area contributed by atoms with Gasteiger partial charge in [-0.15, -0.1) is 0 Å². The van der Waals surface area contributed by atoms with Crippen molar-refractivity contribution in [3.63, 3.8) is 0 Å². The van der Waals surface area contributed by atoms with E-state index in [4.69, 9.17) is 9.47 Å². The lowest BCUT2D eigenvalue weighted by atomic mass is 10.1. The van der Waals surface area contributed by atoms with E-state index < -0.39 is 0 Å². The summed E-state index contributed by atoms with van der Waals surface area (Å²) in [7, 11) is 1.61. The fourth-order valence-corrected chi connectivity index (χ4v) is 2.73. The van der Waals surface area contributed by atoms with Crippen molar-refractivity contribution in [3.8, 4) is 11.5 Å². The Morgan fingerprint density at radius 3 is 2.14 bits per heavy atom. The lowest BCUT2D eigenvalue weighted by molar-refractivity contribution is -0.134. The molecular weight excluding hydrogens is 352 g/mol. The first-order valence-electron chi connectivity index (χ1n) is 9.79. The van der Waals surface area contributed by atoms with E-state index in [0.717, 1.165) is 30.6 Å². The number of unbranched alkanes of at least 4 members (excludes halogenated alkanes) is 4. The number of hydrogen-bond donors (Lipinski definition) is 0. The quantitative estimate of drug-likeness (QED) is 0.161. The Bertz CT molecular complexity index is 773. The summed E-state index contributed by atoms with van der Waals surface area (Å²) < 4.78 is 10.4. The monoisotopic (exact) mass is 380 g/mol. The van der Waals surface area contributed by atoms with Crippen LogP contribution in [0.3, 0.4) is 0 Å². The summed E-state index contributed by atoms with van der Waals surface area (Å²) in [6.45, 7) is 2.16. The maximum absolute atomic E-state index is 12.3. The largest absolute Gasteiger partial charge is 0.497 e. The molecule has 0 amide bonds. The zero-order valence-electron chi connectivity index (χ0n) is 16.6. The molecule has 0 aliphatic rings. The molecule has 0 N–H and O–H groups in total. The number of carbonyl (C=O) groups excluding carboxylic acids is 2. The highest BCUT2D eigenvalue weighted by Crippen LogP contribution is 2.16. The number of rotatable bonds is 11. The third kappa shape index (κ3) is 7.39. The average Bonchev–Trinajstić information content (AvgIpc) is 2.72. The molecule has 2 aromatic carbocycles. The molecule has 0 unspecified atom stereocenters. The fraction of sp³-hybridized carbons (Fsp3) is 0.333. The standard InChI is InChI=1S/C24H28O4/c1-3-4-5-6-7-8-24(26)28-22-16-12-20(13-17-22)23(25)18-11-19-9-14-21(27-2)15-10-19/h9-18H,3-8H2,1-2H3/b18-11+. The molecule has 0 aromatic heterocycles. The number of carbonyl (C=O) groups is 2. The van der Waals surface area contributed by atoms with E-state index in [1.165, 1.54) is 18.9 Å². The molecule has 0 bridgehead atoms. The van der Waals surface area contributed by atoms with Crippen LogP contribution < -0.4 is 9.47 Å². The second-order valence-corrected chi connectivity index (χ2v) is 6.63. The summed E-state index contributed by atoms with van der Waals surface area (Å²) in [5.74, 6) is 0.906. The predicted octanol–water partition coefficient (Wildman–Crippen LogP) is 5.86. The van der Waals surface area contributed by atoms with Crippen molar-refractivity contribution in [1.82, 2.24) is 0 Å². The molecule has 0 aliphatic heterocycles. The van der Waals surface area contributed by atoms with Gasteiger partial charge in [-0.3, -0.25) is 9.59 Å². The highest BCUT2D eigenvalue weighted by atomic mass is 16.5. The molecule has 28 heavy (non-hydrogen) atoms. The summed E-state index contributed by atoms with van der Waals surface area (Å²) in [4.78, 5) is 24.1. The predicted molar refractivity (Wildman–Crippen MR) is 112 cm³/mol. The van der Waals surface area contributed by atoms with Gasteiger partial charge in [0.1, 0.15) is 11.5 Å². The molecule has 148 valence electrons. The Labute approximate surface area is 167 Å². The summed E-state index contributed by atoms with van der Waals surface area (Å²) >= 11 is 0. The number of benzene rings is 2. The molecule has 0 spiro atoms. The van der Waals surface area contributed by atoms with Gasteiger partial charge in [0, 0.05) is 12.0 Å². The van der Waals surface area contributed by atoms with Crippen LogP contribution in [-0.2, 0) is 4.79 Å². The summed E-state index contributed by atoms with van der Waals surface area (Å²) in [6, 6.07) is 14.1. The van der Waals surface area contributed by atoms with Crippen molar-refractivity contribution < 1.29 is 19.1 Å². The van der Waals surface area contributed by atoms with Crippen LogP contribution in [0.4, 0.5) is 0 Å². The zero-order chi connectivity index (χ0) is 20.2. The lowest BCUT2D eigenvalue weighted by Crippen LogP contribution is -2.07. The third-order valence-electron chi connectivity index (χ3n) is 4.40. The van der Waals surface area contributed by atoms with Crippen LogP contribution in [0.5, 0.6) is 11.5 Å². The molecule has 4 nitrogen and oxygen atoms in total. The Morgan fingerprint density at radius 1 is 0.857 bits per heavy atom. The fourth-order valence-electron chi connectivity index (χ4n) is 2.73. The molecule has 0 aliphatic carbocycles. The van der Waals surface area contributed by atoms with Gasteiger partial charge in [0.05, 0.1) is 7.11 Å². The molecule has 2 rings (SSSR count). The number of allylic oxidation sites excluding steroid dienone is 1. The van der Waals surface area contributed by atoms with Gasteiger partial charge >= 0.3 is 5.97 Å². The molecular formula is C24H28O4. The SMILES string of the molecule is CCCCCCCC(=O)Oc1ccc(C(=O)/C=C/c2ccc(OC)cc2)cc1. The highest BCUT2D eigenvalue weighted by molar-refractivity contribution is 6.06. The van der Waals surface area contributed by atoms with E-state index >= 15 is 0 Å². The summed E-state index contributed by atoms with van der Waals surface area (Å²) in [5, 5.41) is 0. The van der Waals surface area contributed by atoms with Gasteiger partial charge in [-0.1, -0.05) is 50.8 Å². The molecule has 0 heterocycles. The van der Waals surface area contributed by atoms with Crippen molar-refractivity contribution in [3.05, 3.63) is 65.7 Å². The Morgan fingerprint density at radius 2 is 1.50 bits per heavy atom. The van der Waals surface area contributed by atoms with Crippen molar-refractivity contribution in [2.75, 3.05) is 7.11 Å². The second kappa shape index (κ2) is 11.8. The Kier molecular flexibility index (Phi) is 8.99. The van der Waals surface area contributed by atoms with Crippen molar-refractivity contribution in [2.45, 2.75) is 45.4 Å². The van der Waals surface area contributed by atoms with Crippen LogP contribution in [0.25, 0.3) is 6.08 Å². The van der Waals surface area contributed by atoms with Gasteiger partial charge in [0.25, 0.3) is 0 Å². The second-order valence-electron chi connectivity index (χ2n) is 6.63. The number of hydrogen-bond acceptors (Lipinski definition) is 4. The topological polar surface area (TPSA) is 52.6 Å². The Hall–Kier alpha value is -2.88. The van der Waals surface area contributed by atoms with Crippen LogP contribution in [-0.4, -0.2) is 18.9 Å². The number of methoxy groups -OCH3 is 1. The minimum atomic E-state index is -0.227. The normalized spacial score (nSPS) is 10.8. The first-order valence-corrected chi connectivity index (χ1v) is 9.79. The van der Waals surface area contributed by atoms with E-state index in [0.29, 0.717) is 17.7 Å². The molecule has 0 atom stereocenters. The molecule has 4 heteroatoms. The van der Waals surface area contributed by atoms with Gasteiger partial charge in [0.2, 0.25) is 0 Å². The van der Waals surface area contributed by atoms with Gasteiger partial charge in [-0.25, -0.2) is 0 Å². The number of ketones is 1. The van der Waals surface area contributed by atoms with E-state index in [2.05, 4.69) is 6.92 Å². The molecule has 2 aromatic rings. The maximum Gasteiger partial charge on any atom is 0.311 e. The van der Waals surface area contributed by atoms with Crippen molar-refractivity contribution in [1.29, 1.82) is 0 Å². The first kappa shape index (κ1) is 21.4. The van der Waals surface area contributed by atoms with Gasteiger partial charge in [-0.05, 0) is 54.5 Å². The third-order valence-corrected chi connectivity index (χ3v) is 4.40. The van der Waals surface area contributed by atoms with E-state index in [1.54, 1.807) is 37.5 Å². The number of ether oxygens (including phenoxy) is 2. The van der Waals surface area contributed by atoms with Gasteiger partial charge < -0.3 is 9.47 Å². The van der Waals surface area contributed by atoms with E-state index in [9.17, 15) is 9.59 Å². The van der Waals surface area contributed by atoms with E-state index in [-0.39, 0.29) is 11.8 Å². The smallest absolute Gasteiger partial charge is 0.311 e. The minimum Gasteiger partial charge on any atom is -0.497 e. The van der Waals surface area contributed by atoms with Crippen LogP contribution >= 0.6 is 0 Å². The molecule has 0 fully saturated rings. The zero-order valence-corrected chi connectivity index (χ0v) is 16.6. The lowest BCUT2D eigenvalue weighted by Gasteiger charge is -2.05. The van der Waals surface area contributed by atoms with Crippen LogP contribution in [0.15, 0.2) is 54.6 Å². The van der Waals surface area contributed by atoms with Crippen LogP contribution in [0.1, 0.15) is 61.4 Å². The maximum atomic E-state index is 12.3. The van der Waals surface area contributed by atoms with E-state index in [1.807, 2.05) is 24.3 Å². The minimum absolute atomic E-state index is 0.107. The molecule has 0 saturated heterocycles. The highest BCUT2D eigenvalue weighted by Gasteiger charge is 2.07. The van der Waals surface area contributed by atoms with Gasteiger partial charge in [-0.2, -0.15) is 0 Å². The Balaban J connectivity index is 1.82. The molecule has 0 saturated carbocycles. The summed E-state index contributed by atoms with van der Waals surface area (Å²) in [5.41, 5.74) is 1.46. The molecule has 0 radical (unpaired) electrons. The van der Waals surface area contributed by atoms with Crippen LogP contribution in [0.2, 0.25) is 0 Å². The van der Waals surface area contributed by atoms with Gasteiger partial charge in [0.15, 0.2) is 5.78 Å².